The Morgan fingerprint density at radius 2 is 1.65 bits per heavy atom. The van der Waals surface area contributed by atoms with E-state index in [2.05, 4.69) is 5.32 Å². The Bertz CT molecular complexity index is 411. The third-order valence-electron chi connectivity index (χ3n) is 5.04. The maximum Gasteiger partial charge on any atom is 0.317 e. The maximum atomic E-state index is 12.5. The van der Waals surface area contributed by atoms with E-state index < -0.39 is 5.54 Å². The van der Waals surface area contributed by atoms with Gasteiger partial charge >= 0.3 is 6.03 Å². The summed E-state index contributed by atoms with van der Waals surface area (Å²) in [7, 11) is 0. The fourth-order valence-corrected chi connectivity index (χ4v) is 3.61. The molecule has 0 aromatic heterocycles. The van der Waals surface area contributed by atoms with E-state index in [4.69, 9.17) is 5.73 Å². The zero-order valence-electron chi connectivity index (χ0n) is 14.6. The van der Waals surface area contributed by atoms with E-state index in [1.165, 1.54) is 19.3 Å². The second kappa shape index (κ2) is 7.99. The van der Waals surface area contributed by atoms with Gasteiger partial charge < -0.3 is 20.9 Å². The Morgan fingerprint density at radius 1 is 1.09 bits per heavy atom. The highest BCUT2D eigenvalue weighted by atomic mass is 16.2. The van der Waals surface area contributed by atoms with Crippen LogP contribution in [0.25, 0.3) is 0 Å². The Hall–Kier alpha value is -1.30. The first kappa shape index (κ1) is 18.0. The van der Waals surface area contributed by atoms with Crippen LogP contribution >= 0.6 is 0 Å². The molecule has 1 aliphatic heterocycles. The van der Waals surface area contributed by atoms with Crippen molar-refractivity contribution < 1.29 is 9.59 Å². The van der Waals surface area contributed by atoms with Crippen LogP contribution in [0.5, 0.6) is 0 Å². The molecule has 2 fully saturated rings. The lowest BCUT2D eigenvalue weighted by Crippen LogP contribution is -2.60. The van der Waals surface area contributed by atoms with Crippen molar-refractivity contribution in [2.75, 3.05) is 26.2 Å². The Balaban J connectivity index is 1.78. The van der Waals surface area contributed by atoms with Crippen LogP contribution in [0.2, 0.25) is 0 Å². The first-order valence-corrected chi connectivity index (χ1v) is 9.07. The molecule has 1 aliphatic carbocycles. The summed E-state index contributed by atoms with van der Waals surface area (Å²) in [6, 6.07) is 0.348. The van der Waals surface area contributed by atoms with Crippen LogP contribution in [0.1, 0.15) is 58.8 Å². The third-order valence-corrected chi connectivity index (χ3v) is 5.04. The van der Waals surface area contributed by atoms with Gasteiger partial charge in [-0.25, -0.2) is 4.79 Å². The number of piperazine rings is 1. The molecule has 132 valence electrons. The number of carbonyl (C=O) groups is 2. The summed E-state index contributed by atoms with van der Waals surface area (Å²) in [6.07, 6.45) is 7.46. The van der Waals surface area contributed by atoms with Gasteiger partial charge in [0.25, 0.3) is 0 Å². The largest absolute Gasteiger partial charge is 0.338 e. The highest BCUT2D eigenvalue weighted by Crippen LogP contribution is 2.18. The molecule has 2 rings (SSSR count). The number of hydrogen-bond acceptors (Lipinski definition) is 3. The van der Waals surface area contributed by atoms with Gasteiger partial charge in [-0.3, -0.25) is 4.79 Å². The molecule has 0 aromatic carbocycles. The molecule has 1 saturated carbocycles. The fourth-order valence-electron chi connectivity index (χ4n) is 3.61. The van der Waals surface area contributed by atoms with E-state index in [1.807, 2.05) is 11.8 Å². The summed E-state index contributed by atoms with van der Waals surface area (Å²) in [5.74, 6) is 0.00619. The minimum Gasteiger partial charge on any atom is -0.338 e. The number of hydrogen-bond donors (Lipinski definition) is 2. The SMILES string of the molecule is CCCC(C)(N)C(=O)N1CCN(C(=O)NC2CCCCC2)CC1. The van der Waals surface area contributed by atoms with Gasteiger partial charge in [-0.05, 0) is 26.2 Å². The summed E-state index contributed by atoms with van der Waals surface area (Å²) in [4.78, 5) is 28.4. The number of amides is 3. The molecule has 1 atom stereocenters. The Labute approximate surface area is 139 Å². The van der Waals surface area contributed by atoms with Crippen molar-refractivity contribution in [2.24, 2.45) is 5.73 Å². The standard InChI is InChI=1S/C17H32N4O2/c1-3-9-17(2,18)15(22)20-10-12-21(13-11-20)16(23)19-14-7-5-4-6-8-14/h14H,3-13,18H2,1-2H3,(H,19,23). The van der Waals surface area contributed by atoms with E-state index in [-0.39, 0.29) is 11.9 Å². The molecular weight excluding hydrogens is 292 g/mol. The van der Waals surface area contributed by atoms with Gasteiger partial charge in [0.2, 0.25) is 5.91 Å². The summed E-state index contributed by atoms with van der Waals surface area (Å²) in [6.45, 7) is 6.17. The van der Waals surface area contributed by atoms with Gasteiger partial charge in [-0.2, -0.15) is 0 Å². The molecule has 1 saturated heterocycles. The lowest BCUT2D eigenvalue weighted by molar-refractivity contribution is -0.138. The number of nitrogens with two attached hydrogens (primary N) is 1. The number of carbonyl (C=O) groups excluding carboxylic acids is 2. The van der Waals surface area contributed by atoms with Gasteiger partial charge in [-0.15, -0.1) is 0 Å². The predicted octanol–water partition coefficient (Wildman–Crippen LogP) is 1.69. The zero-order valence-corrected chi connectivity index (χ0v) is 14.6. The minimum absolute atomic E-state index is 0.00619. The van der Waals surface area contributed by atoms with Gasteiger partial charge in [0.05, 0.1) is 5.54 Å². The average Bonchev–Trinajstić information content (AvgIpc) is 2.55. The van der Waals surface area contributed by atoms with Gasteiger partial charge in [0.1, 0.15) is 0 Å². The molecule has 3 N–H and O–H groups in total. The molecule has 0 radical (unpaired) electrons. The van der Waals surface area contributed by atoms with E-state index in [0.717, 1.165) is 19.3 Å². The van der Waals surface area contributed by atoms with Gasteiger partial charge in [0.15, 0.2) is 0 Å². The van der Waals surface area contributed by atoms with E-state index in [0.29, 0.717) is 38.6 Å². The highest BCUT2D eigenvalue weighted by molar-refractivity contribution is 5.86. The predicted molar refractivity (Wildman–Crippen MR) is 91.1 cm³/mol. The number of nitrogens with one attached hydrogen (secondary N) is 1. The van der Waals surface area contributed by atoms with Crippen LogP contribution < -0.4 is 11.1 Å². The first-order valence-electron chi connectivity index (χ1n) is 9.07. The second-order valence-corrected chi connectivity index (χ2v) is 7.23. The monoisotopic (exact) mass is 324 g/mol. The minimum atomic E-state index is -0.790. The van der Waals surface area contributed by atoms with Crippen molar-refractivity contribution in [3.8, 4) is 0 Å². The summed E-state index contributed by atoms with van der Waals surface area (Å²) in [5, 5.41) is 3.14. The second-order valence-electron chi connectivity index (χ2n) is 7.23. The maximum absolute atomic E-state index is 12.5. The summed E-state index contributed by atoms with van der Waals surface area (Å²) < 4.78 is 0. The van der Waals surface area contributed by atoms with Gasteiger partial charge in [0, 0.05) is 32.2 Å². The quantitative estimate of drug-likeness (QED) is 0.826. The molecule has 6 heteroatoms. The molecule has 0 bridgehead atoms. The molecule has 6 nitrogen and oxygen atoms in total. The van der Waals surface area contributed by atoms with Crippen LogP contribution in [0.3, 0.4) is 0 Å². The molecule has 3 amide bonds. The van der Waals surface area contributed by atoms with Gasteiger partial charge in [-0.1, -0.05) is 32.6 Å². The van der Waals surface area contributed by atoms with Crippen LogP contribution in [0, 0.1) is 0 Å². The average molecular weight is 324 g/mol. The molecule has 0 spiro atoms. The van der Waals surface area contributed by atoms with Crippen molar-refractivity contribution >= 4 is 11.9 Å². The Morgan fingerprint density at radius 3 is 2.22 bits per heavy atom. The van der Waals surface area contributed by atoms with E-state index in [1.54, 1.807) is 11.8 Å². The summed E-state index contributed by atoms with van der Waals surface area (Å²) >= 11 is 0. The Kier molecular flexibility index (Phi) is 6.27. The van der Waals surface area contributed by atoms with Crippen molar-refractivity contribution in [1.82, 2.24) is 15.1 Å². The zero-order chi connectivity index (χ0) is 16.9. The molecule has 1 unspecified atom stereocenters. The smallest absolute Gasteiger partial charge is 0.317 e. The molecule has 2 aliphatic rings. The fraction of sp³-hybridized carbons (Fsp3) is 0.882. The molecule has 23 heavy (non-hydrogen) atoms. The van der Waals surface area contributed by atoms with Crippen LogP contribution in [-0.2, 0) is 4.79 Å². The first-order chi connectivity index (χ1) is 10.9. The highest BCUT2D eigenvalue weighted by Gasteiger charge is 2.34. The van der Waals surface area contributed by atoms with Crippen molar-refractivity contribution in [3.63, 3.8) is 0 Å². The van der Waals surface area contributed by atoms with E-state index in [9.17, 15) is 9.59 Å². The molecule has 0 aromatic rings. The normalized spacial score (nSPS) is 22.6. The van der Waals surface area contributed by atoms with Crippen LogP contribution in [0.4, 0.5) is 4.79 Å². The number of rotatable bonds is 4. The molecule has 1 heterocycles. The van der Waals surface area contributed by atoms with Crippen molar-refractivity contribution in [2.45, 2.75) is 70.4 Å². The topological polar surface area (TPSA) is 78.7 Å². The van der Waals surface area contributed by atoms with Crippen molar-refractivity contribution in [1.29, 1.82) is 0 Å². The van der Waals surface area contributed by atoms with Crippen molar-refractivity contribution in [3.05, 3.63) is 0 Å². The lowest BCUT2D eigenvalue weighted by atomic mass is 9.95. The third kappa shape index (κ3) is 4.83. The number of urea groups is 1. The number of nitrogens with zero attached hydrogens (tertiary/aromatic N) is 2. The van der Waals surface area contributed by atoms with Crippen LogP contribution in [0.15, 0.2) is 0 Å². The molecular formula is C17H32N4O2. The lowest BCUT2D eigenvalue weighted by Gasteiger charge is -2.39. The van der Waals surface area contributed by atoms with Crippen LogP contribution in [-0.4, -0.2) is 59.5 Å². The summed E-state index contributed by atoms with van der Waals surface area (Å²) in [5.41, 5.74) is 5.35. The van der Waals surface area contributed by atoms with E-state index >= 15 is 0 Å².